The molecule has 3 rings (SSSR count). The fourth-order valence-corrected chi connectivity index (χ4v) is 2.70. The number of nitrogens with one attached hydrogen (secondary N) is 1. The fraction of sp³-hybridized carbons (Fsp3) is 0.333. The summed E-state index contributed by atoms with van der Waals surface area (Å²) in [5.74, 6) is 0. The van der Waals surface area contributed by atoms with E-state index < -0.39 is 0 Å². The van der Waals surface area contributed by atoms with Gasteiger partial charge in [-0.3, -0.25) is 5.43 Å². The molecule has 20 heavy (non-hydrogen) atoms. The van der Waals surface area contributed by atoms with Gasteiger partial charge in [-0.1, -0.05) is 61.0 Å². The molecule has 2 aromatic rings. The molecule has 0 atom stereocenters. The van der Waals surface area contributed by atoms with Crippen molar-refractivity contribution in [3.63, 3.8) is 0 Å². The Morgan fingerprint density at radius 2 is 1.40 bits per heavy atom. The molecule has 2 nitrogen and oxygen atoms in total. The molecule has 2 aromatic carbocycles. The third kappa shape index (κ3) is 3.47. The van der Waals surface area contributed by atoms with Gasteiger partial charge in [0.15, 0.2) is 0 Å². The van der Waals surface area contributed by atoms with Gasteiger partial charge in [-0.15, -0.1) is 0 Å². The SMILES string of the molecule is c1ccc(-c2ccc(CNN3CCCCC3)cc2)cc1. The standard InChI is InChI=1S/C18H22N2/c1-3-7-17(8-4-1)18-11-9-16(10-12-18)15-19-20-13-5-2-6-14-20/h1,3-4,7-12,19H,2,5-6,13-15H2. The minimum atomic E-state index is 0.926. The third-order valence-electron chi connectivity index (χ3n) is 3.92. The Labute approximate surface area is 121 Å². The zero-order chi connectivity index (χ0) is 13.6. The van der Waals surface area contributed by atoms with Gasteiger partial charge in [0, 0.05) is 19.6 Å². The average molecular weight is 266 g/mol. The van der Waals surface area contributed by atoms with E-state index in [-0.39, 0.29) is 0 Å². The summed E-state index contributed by atoms with van der Waals surface area (Å²) in [7, 11) is 0. The summed E-state index contributed by atoms with van der Waals surface area (Å²) < 4.78 is 0. The number of benzene rings is 2. The van der Waals surface area contributed by atoms with E-state index in [0.29, 0.717) is 0 Å². The first-order valence-corrected chi connectivity index (χ1v) is 7.55. The molecule has 1 saturated heterocycles. The zero-order valence-corrected chi connectivity index (χ0v) is 11.9. The molecule has 1 aliphatic rings. The number of hydrazine groups is 1. The van der Waals surface area contributed by atoms with Gasteiger partial charge >= 0.3 is 0 Å². The van der Waals surface area contributed by atoms with E-state index in [1.54, 1.807) is 0 Å². The van der Waals surface area contributed by atoms with Crippen molar-refractivity contribution in [2.75, 3.05) is 13.1 Å². The Kier molecular flexibility index (Phi) is 4.46. The summed E-state index contributed by atoms with van der Waals surface area (Å²) >= 11 is 0. The van der Waals surface area contributed by atoms with E-state index in [4.69, 9.17) is 0 Å². The summed E-state index contributed by atoms with van der Waals surface area (Å²) in [6.45, 7) is 3.29. The van der Waals surface area contributed by atoms with Gasteiger partial charge in [-0.25, -0.2) is 5.01 Å². The van der Waals surface area contributed by atoms with Crippen LogP contribution in [0.2, 0.25) is 0 Å². The first-order valence-electron chi connectivity index (χ1n) is 7.55. The Bertz CT molecular complexity index is 513. The van der Waals surface area contributed by atoms with Crippen molar-refractivity contribution in [2.45, 2.75) is 25.8 Å². The topological polar surface area (TPSA) is 15.3 Å². The third-order valence-corrected chi connectivity index (χ3v) is 3.92. The van der Waals surface area contributed by atoms with Crippen molar-refractivity contribution in [3.05, 3.63) is 60.2 Å². The molecule has 0 amide bonds. The van der Waals surface area contributed by atoms with Crippen molar-refractivity contribution in [2.24, 2.45) is 0 Å². The van der Waals surface area contributed by atoms with Crippen molar-refractivity contribution in [3.8, 4) is 11.1 Å². The molecule has 0 saturated carbocycles. The van der Waals surface area contributed by atoms with E-state index >= 15 is 0 Å². The van der Waals surface area contributed by atoms with Crippen LogP contribution >= 0.6 is 0 Å². The number of hydrogen-bond donors (Lipinski definition) is 1. The lowest BCUT2D eigenvalue weighted by atomic mass is 10.0. The van der Waals surface area contributed by atoms with Crippen LogP contribution in [0, 0.1) is 0 Å². The van der Waals surface area contributed by atoms with E-state index in [9.17, 15) is 0 Å². The number of nitrogens with zero attached hydrogens (tertiary/aromatic N) is 1. The normalized spacial score (nSPS) is 16.2. The van der Waals surface area contributed by atoms with Crippen LogP contribution in [0.3, 0.4) is 0 Å². The molecule has 0 unspecified atom stereocenters. The second-order valence-electron chi connectivity index (χ2n) is 5.45. The molecule has 1 N–H and O–H groups in total. The smallest absolute Gasteiger partial charge is 0.0353 e. The Hall–Kier alpha value is -1.64. The second-order valence-corrected chi connectivity index (χ2v) is 5.45. The summed E-state index contributed by atoms with van der Waals surface area (Å²) in [6.07, 6.45) is 4.02. The predicted molar refractivity (Wildman–Crippen MR) is 84.1 cm³/mol. The van der Waals surface area contributed by atoms with Crippen molar-refractivity contribution >= 4 is 0 Å². The molecule has 1 fully saturated rings. The van der Waals surface area contributed by atoms with Gasteiger partial charge in [0.2, 0.25) is 0 Å². The fourth-order valence-electron chi connectivity index (χ4n) is 2.70. The highest BCUT2D eigenvalue weighted by Crippen LogP contribution is 2.19. The Balaban J connectivity index is 1.58. The maximum absolute atomic E-state index is 3.53. The lowest BCUT2D eigenvalue weighted by molar-refractivity contribution is 0.151. The minimum absolute atomic E-state index is 0.926. The summed E-state index contributed by atoms with van der Waals surface area (Å²) in [5.41, 5.74) is 7.44. The molecular formula is C18H22N2. The lowest BCUT2D eigenvalue weighted by Crippen LogP contribution is -2.41. The molecule has 0 aliphatic carbocycles. The van der Waals surface area contributed by atoms with Gasteiger partial charge < -0.3 is 0 Å². The van der Waals surface area contributed by atoms with Gasteiger partial charge in [0.25, 0.3) is 0 Å². The molecule has 1 aliphatic heterocycles. The highest BCUT2D eigenvalue weighted by molar-refractivity contribution is 5.63. The van der Waals surface area contributed by atoms with E-state index in [2.05, 4.69) is 65.0 Å². The van der Waals surface area contributed by atoms with Crippen LogP contribution < -0.4 is 5.43 Å². The molecule has 104 valence electrons. The molecule has 0 bridgehead atoms. The zero-order valence-electron chi connectivity index (χ0n) is 11.9. The van der Waals surface area contributed by atoms with Crippen LogP contribution in [-0.2, 0) is 6.54 Å². The Morgan fingerprint density at radius 1 is 0.750 bits per heavy atom. The van der Waals surface area contributed by atoms with Crippen LogP contribution in [0.1, 0.15) is 24.8 Å². The maximum Gasteiger partial charge on any atom is 0.0353 e. The number of piperidine rings is 1. The van der Waals surface area contributed by atoms with Crippen LogP contribution in [0.5, 0.6) is 0 Å². The van der Waals surface area contributed by atoms with Crippen molar-refractivity contribution in [1.29, 1.82) is 0 Å². The molecule has 0 radical (unpaired) electrons. The summed E-state index contributed by atoms with van der Waals surface area (Å²) in [4.78, 5) is 0. The van der Waals surface area contributed by atoms with Crippen LogP contribution in [0.25, 0.3) is 11.1 Å². The quantitative estimate of drug-likeness (QED) is 0.904. The van der Waals surface area contributed by atoms with Gasteiger partial charge in [-0.05, 0) is 29.5 Å². The van der Waals surface area contributed by atoms with Gasteiger partial charge in [0.1, 0.15) is 0 Å². The largest absolute Gasteiger partial charge is 0.251 e. The van der Waals surface area contributed by atoms with Crippen LogP contribution in [0.15, 0.2) is 54.6 Å². The van der Waals surface area contributed by atoms with E-state index in [1.807, 2.05) is 0 Å². The maximum atomic E-state index is 3.53. The van der Waals surface area contributed by atoms with E-state index in [1.165, 1.54) is 49.0 Å². The number of rotatable bonds is 4. The van der Waals surface area contributed by atoms with Gasteiger partial charge in [-0.2, -0.15) is 0 Å². The molecular weight excluding hydrogens is 244 g/mol. The highest BCUT2D eigenvalue weighted by atomic mass is 15.5. The first kappa shape index (κ1) is 13.3. The first-order chi connectivity index (χ1) is 9.92. The molecule has 0 aromatic heterocycles. The predicted octanol–water partition coefficient (Wildman–Crippen LogP) is 3.84. The molecule has 1 heterocycles. The lowest BCUT2D eigenvalue weighted by Gasteiger charge is -2.27. The second kappa shape index (κ2) is 6.69. The summed E-state index contributed by atoms with van der Waals surface area (Å²) in [5, 5.41) is 2.36. The van der Waals surface area contributed by atoms with E-state index in [0.717, 1.165) is 6.54 Å². The minimum Gasteiger partial charge on any atom is -0.251 e. The van der Waals surface area contributed by atoms with Crippen molar-refractivity contribution in [1.82, 2.24) is 10.4 Å². The van der Waals surface area contributed by atoms with Crippen LogP contribution in [0.4, 0.5) is 0 Å². The van der Waals surface area contributed by atoms with Crippen LogP contribution in [-0.4, -0.2) is 18.1 Å². The van der Waals surface area contributed by atoms with Crippen molar-refractivity contribution < 1.29 is 0 Å². The molecule has 2 heteroatoms. The Morgan fingerprint density at radius 3 is 2.10 bits per heavy atom. The monoisotopic (exact) mass is 266 g/mol. The highest BCUT2D eigenvalue weighted by Gasteiger charge is 2.08. The average Bonchev–Trinajstić information content (AvgIpc) is 2.55. The number of hydrogen-bond acceptors (Lipinski definition) is 2. The van der Waals surface area contributed by atoms with Gasteiger partial charge in [0.05, 0.1) is 0 Å². The molecule has 0 spiro atoms. The summed E-state index contributed by atoms with van der Waals surface area (Å²) in [6, 6.07) is 19.4.